The average Bonchev–Trinajstić information content (AvgIpc) is 2.92. The number of aromatic amines is 1. The SMILES string of the molecule is COc1ccc(F)c(CN(C)Cc2nc3ccc(F)cc3[nH]2)c1F. The van der Waals surface area contributed by atoms with Gasteiger partial charge in [-0.3, -0.25) is 4.90 Å². The second-order valence-corrected chi connectivity index (χ2v) is 5.56. The topological polar surface area (TPSA) is 41.1 Å². The van der Waals surface area contributed by atoms with E-state index >= 15 is 0 Å². The summed E-state index contributed by atoms with van der Waals surface area (Å²) in [6, 6.07) is 6.69. The Labute approximate surface area is 136 Å². The fraction of sp³-hybridized carbons (Fsp3) is 0.235. The number of aromatic nitrogens is 2. The lowest BCUT2D eigenvalue weighted by Gasteiger charge is -2.17. The van der Waals surface area contributed by atoms with Gasteiger partial charge in [-0.25, -0.2) is 18.2 Å². The maximum absolute atomic E-state index is 14.2. The zero-order valence-electron chi connectivity index (χ0n) is 13.2. The zero-order valence-corrected chi connectivity index (χ0v) is 13.2. The van der Waals surface area contributed by atoms with Crippen LogP contribution in [0.25, 0.3) is 11.0 Å². The van der Waals surface area contributed by atoms with Crippen molar-refractivity contribution in [1.82, 2.24) is 14.9 Å². The Hall–Kier alpha value is -2.54. The molecule has 0 spiro atoms. The Bertz CT molecular complexity index is 879. The van der Waals surface area contributed by atoms with E-state index in [1.54, 1.807) is 18.0 Å². The molecule has 3 aromatic rings. The number of rotatable bonds is 5. The van der Waals surface area contributed by atoms with Crippen molar-refractivity contribution in [3.63, 3.8) is 0 Å². The number of methoxy groups -OCH3 is 1. The smallest absolute Gasteiger partial charge is 0.172 e. The number of fused-ring (bicyclic) bond motifs is 1. The summed E-state index contributed by atoms with van der Waals surface area (Å²) in [7, 11) is 3.05. The summed E-state index contributed by atoms with van der Waals surface area (Å²) < 4.78 is 46.2. The van der Waals surface area contributed by atoms with Gasteiger partial charge in [-0.1, -0.05) is 0 Å². The quantitative estimate of drug-likeness (QED) is 0.774. The van der Waals surface area contributed by atoms with Crippen molar-refractivity contribution in [2.24, 2.45) is 0 Å². The number of imidazole rings is 1. The van der Waals surface area contributed by atoms with Crippen LogP contribution in [0.5, 0.6) is 5.75 Å². The third-order valence-corrected chi connectivity index (χ3v) is 3.71. The number of hydrogen-bond acceptors (Lipinski definition) is 3. The summed E-state index contributed by atoms with van der Waals surface area (Å²) in [5.74, 6) is -1.12. The molecule has 0 fully saturated rings. The van der Waals surface area contributed by atoms with Gasteiger partial charge in [-0.05, 0) is 37.4 Å². The molecule has 1 heterocycles. The van der Waals surface area contributed by atoms with Crippen LogP contribution in [0.2, 0.25) is 0 Å². The van der Waals surface area contributed by atoms with Crippen LogP contribution < -0.4 is 4.74 Å². The molecule has 4 nitrogen and oxygen atoms in total. The molecule has 0 aliphatic rings. The third-order valence-electron chi connectivity index (χ3n) is 3.71. The number of nitrogens with one attached hydrogen (secondary N) is 1. The van der Waals surface area contributed by atoms with E-state index in [0.29, 0.717) is 23.4 Å². The maximum atomic E-state index is 14.2. The number of hydrogen-bond donors (Lipinski definition) is 1. The molecular formula is C17H16F3N3O. The summed E-state index contributed by atoms with van der Waals surface area (Å²) in [6.07, 6.45) is 0. The lowest BCUT2D eigenvalue weighted by molar-refractivity contribution is 0.296. The molecule has 0 bridgehead atoms. The van der Waals surface area contributed by atoms with E-state index in [1.807, 2.05) is 0 Å². The third kappa shape index (κ3) is 3.21. The predicted molar refractivity (Wildman–Crippen MR) is 84.1 cm³/mol. The number of halogens is 3. The first-order valence-corrected chi connectivity index (χ1v) is 7.31. The van der Waals surface area contributed by atoms with Crippen LogP contribution >= 0.6 is 0 Å². The Morgan fingerprint density at radius 2 is 1.92 bits per heavy atom. The van der Waals surface area contributed by atoms with E-state index in [-0.39, 0.29) is 23.7 Å². The van der Waals surface area contributed by atoms with Gasteiger partial charge >= 0.3 is 0 Å². The first kappa shape index (κ1) is 16.3. The van der Waals surface area contributed by atoms with Gasteiger partial charge in [0.1, 0.15) is 17.5 Å². The normalized spacial score (nSPS) is 11.4. The summed E-state index contributed by atoms with van der Waals surface area (Å²) in [5, 5.41) is 0. The maximum Gasteiger partial charge on any atom is 0.172 e. The van der Waals surface area contributed by atoms with Gasteiger partial charge in [-0.15, -0.1) is 0 Å². The highest BCUT2D eigenvalue weighted by molar-refractivity contribution is 5.74. The van der Waals surface area contributed by atoms with Crippen LogP contribution in [0, 0.1) is 17.5 Å². The van der Waals surface area contributed by atoms with Crippen molar-refractivity contribution in [1.29, 1.82) is 0 Å². The van der Waals surface area contributed by atoms with Gasteiger partial charge in [0.25, 0.3) is 0 Å². The van der Waals surface area contributed by atoms with E-state index in [4.69, 9.17) is 4.74 Å². The molecule has 1 aromatic heterocycles. The Balaban J connectivity index is 1.78. The molecule has 126 valence electrons. The summed E-state index contributed by atoms with van der Waals surface area (Å²) in [6.45, 7) is 0.368. The molecule has 24 heavy (non-hydrogen) atoms. The summed E-state index contributed by atoms with van der Waals surface area (Å²) >= 11 is 0. The Kier molecular flexibility index (Phi) is 4.44. The van der Waals surface area contributed by atoms with Crippen LogP contribution in [0.4, 0.5) is 13.2 Å². The molecule has 0 atom stereocenters. The van der Waals surface area contributed by atoms with Gasteiger partial charge in [0.15, 0.2) is 11.6 Å². The van der Waals surface area contributed by atoms with Crippen molar-refractivity contribution in [3.8, 4) is 5.75 Å². The first-order valence-electron chi connectivity index (χ1n) is 7.31. The Morgan fingerprint density at radius 1 is 1.12 bits per heavy atom. The fourth-order valence-corrected chi connectivity index (χ4v) is 2.57. The van der Waals surface area contributed by atoms with Gasteiger partial charge in [0.2, 0.25) is 0 Å². The van der Waals surface area contributed by atoms with Gasteiger partial charge in [0.05, 0.1) is 24.7 Å². The predicted octanol–water partition coefficient (Wildman–Crippen LogP) is 3.62. The molecule has 0 saturated heterocycles. The molecule has 0 saturated carbocycles. The van der Waals surface area contributed by atoms with Gasteiger partial charge in [0, 0.05) is 12.1 Å². The van der Waals surface area contributed by atoms with Crippen molar-refractivity contribution < 1.29 is 17.9 Å². The van der Waals surface area contributed by atoms with Crippen LogP contribution in [0.3, 0.4) is 0 Å². The van der Waals surface area contributed by atoms with E-state index < -0.39 is 11.6 Å². The largest absolute Gasteiger partial charge is 0.494 e. The fourth-order valence-electron chi connectivity index (χ4n) is 2.57. The second kappa shape index (κ2) is 6.52. The van der Waals surface area contributed by atoms with E-state index in [9.17, 15) is 13.2 Å². The number of H-pyrrole nitrogens is 1. The van der Waals surface area contributed by atoms with Crippen LogP contribution in [-0.2, 0) is 13.1 Å². The highest BCUT2D eigenvalue weighted by atomic mass is 19.1. The molecule has 0 amide bonds. The molecule has 0 aliphatic heterocycles. The lowest BCUT2D eigenvalue weighted by Crippen LogP contribution is -2.20. The molecule has 0 aliphatic carbocycles. The lowest BCUT2D eigenvalue weighted by atomic mass is 10.1. The average molecular weight is 335 g/mol. The molecule has 0 radical (unpaired) electrons. The van der Waals surface area contributed by atoms with Crippen molar-refractivity contribution in [2.75, 3.05) is 14.2 Å². The molecule has 3 rings (SSSR count). The van der Waals surface area contributed by atoms with Crippen molar-refractivity contribution >= 4 is 11.0 Å². The minimum absolute atomic E-state index is 0.000915. The zero-order chi connectivity index (χ0) is 17.3. The Morgan fingerprint density at radius 3 is 2.67 bits per heavy atom. The standard InChI is InChI=1S/C17H16F3N3O/c1-23(8-11-12(19)4-6-15(24-2)17(11)20)9-16-21-13-5-3-10(18)7-14(13)22-16/h3-7H,8-9H2,1-2H3,(H,21,22). The van der Waals surface area contributed by atoms with Crippen molar-refractivity contribution in [2.45, 2.75) is 13.1 Å². The second-order valence-electron chi connectivity index (χ2n) is 5.56. The van der Waals surface area contributed by atoms with Crippen LogP contribution in [0.1, 0.15) is 11.4 Å². The van der Waals surface area contributed by atoms with Gasteiger partial charge in [-0.2, -0.15) is 0 Å². The number of benzene rings is 2. The molecular weight excluding hydrogens is 319 g/mol. The molecule has 1 N–H and O–H groups in total. The highest BCUT2D eigenvalue weighted by Gasteiger charge is 2.16. The summed E-state index contributed by atoms with van der Waals surface area (Å²) in [4.78, 5) is 9.04. The molecule has 7 heteroatoms. The van der Waals surface area contributed by atoms with Crippen molar-refractivity contribution in [3.05, 3.63) is 59.2 Å². The molecule has 2 aromatic carbocycles. The number of nitrogens with zero attached hydrogens (tertiary/aromatic N) is 2. The molecule has 0 unspecified atom stereocenters. The minimum atomic E-state index is -0.712. The van der Waals surface area contributed by atoms with E-state index in [2.05, 4.69) is 9.97 Å². The highest BCUT2D eigenvalue weighted by Crippen LogP contribution is 2.24. The first-order chi connectivity index (χ1) is 11.5. The summed E-state index contributed by atoms with van der Waals surface area (Å²) in [5.41, 5.74) is 1.15. The van der Waals surface area contributed by atoms with Gasteiger partial charge < -0.3 is 9.72 Å². The monoisotopic (exact) mass is 335 g/mol. The van der Waals surface area contributed by atoms with Crippen LogP contribution in [0.15, 0.2) is 30.3 Å². The number of ether oxygens (including phenoxy) is 1. The van der Waals surface area contributed by atoms with E-state index in [1.165, 1.54) is 31.4 Å². The van der Waals surface area contributed by atoms with Crippen LogP contribution in [-0.4, -0.2) is 29.0 Å². The van der Waals surface area contributed by atoms with E-state index in [0.717, 1.165) is 0 Å². The minimum Gasteiger partial charge on any atom is -0.494 e.